The van der Waals surface area contributed by atoms with Gasteiger partial charge in [-0.2, -0.15) is 0 Å². The molecule has 0 aliphatic carbocycles. The standard InChI is InChI=1S/C27H24N6O6/c28-25-22(13-16-1-7-19(8-2-16)31(34)35)26(29)24(15-18-5-11-21(12-6-18)33(38)39)27(30)23(25)14-17-3-9-20(10-4-17)32(36)37/h1-12H,13-15,28-30H2. The summed E-state index contributed by atoms with van der Waals surface area (Å²) in [7, 11) is 0. The summed E-state index contributed by atoms with van der Waals surface area (Å²) in [6, 6.07) is 18.1. The van der Waals surface area contributed by atoms with Gasteiger partial charge in [-0.3, -0.25) is 30.3 Å². The van der Waals surface area contributed by atoms with E-state index >= 15 is 0 Å². The average molecular weight is 529 g/mol. The molecule has 12 nitrogen and oxygen atoms in total. The van der Waals surface area contributed by atoms with Crippen molar-refractivity contribution in [2.24, 2.45) is 0 Å². The fourth-order valence-corrected chi connectivity index (χ4v) is 4.37. The van der Waals surface area contributed by atoms with Crippen LogP contribution in [0.2, 0.25) is 0 Å². The van der Waals surface area contributed by atoms with Gasteiger partial charge in [0.1, 0.15) is 0 Å². The van der Waals surface area contributed by atoms with Crippen LogP contribution in [0.15, 0.2) is 72.8 Å². The molecule has 0 unspecified atom stereocenters. The van der Waals surface area contributed by atoms with Crippen molar-refractivity contribution in [2.45, 2.75) is 19.3 Å². The second kappa shape index (κ2) is 10.8. The number of non-ortho nitro benzene ring substituents is 3. The Morgan fingerprint density at radius 2 is 0.641 bits per heavy atom. The first-order valence-corrected chi connectivity index (χ1v) is 11.7. The Morgan fingerprint density at radius 3 is 0.821 bits per heavy atom. The number of hydrogen-bond donors (Lipinski definition) is 3. The molecule has 4 rings (SSSR count). The molecule has 0 aliphatic rings. The average Bonchev–Trinajstić information content (AvgIpc) is 2.92. The molecule has 4 aromatic rings. The van der Waals surface area contributed by atoms with Crippen molar-refractivity contribution in [3.63, 3.8) is 0 Å². The SMILES string of the molecule is Nc1c(Cc2ccc([N+](=O)[O-])cc2)c(N)c(Cc2ccc([N+](=O)[O-])cc2)c(N)c1Cc1ccc([N+](=O)[O-])cc1. The molecule has 0 atom stereocenters. The quantitative estimate of drug-likeness (QED) is 0.152. The van der Waals surface area contributed by atoms with E-state index in [9.17, 15) is 30.3 Å². The number of rotatable bonds is 9. The molecule has 6 N–H and O–H groups in total. The second-order valence-corrected chi connectivity index (χ2v) is 8.98. The zero-order valence-corrected chi connectivity index (χ0v) is 20.6. The first-order valence-electron chi connectivity index (χ1n) is 11.7. The summed E-state index contributed by atoms with van der Waals surface area (Å²) in [4.78, 5) is 31.7. The van der Waals surface area contributed by atoms with Crippen LogP contribution in [0.5, 0.6) is 0 Å². The molecule has 12 heteroatoms. The molecule has 0 heterocycles. The third kappa shape index (κ3) is 5.74. The van der Waals surface area contributed by atoms with E-state index in [0.29, 0.717) is 33.8 Å². The minimum atomic E-state index is -0.486. The fourth-order valence-electron chi connectivity index (χ4n) is 4.37. The van der Waals surface area contributed by atoms with Gasteiger partial charge in [0, 0.05) is 89.4 Å². The predicted molar refractivity (Wildman–Crippen MR) is 147 cm³/mol. The molecule has 198 valence electrons. The first kappa shape index (κ1) is 26.5. The molecular formula is C27H24N6O6. The van der Waals surface area contributed by atoms with Crippen molar-refractivity contribution in [1.29, 1.82) is 0 Å². The number of benzene rings is 4. The zero-order valence-electron chi connectivity index (χ0n) is 20.6. The van der Waals surface area contributed by atoms with E-state index < -0.39 is 14.8 Å². The molecule has 0 saturated carbocycles. The Morgan fingerprint density at radius 1 is 0.436 bits per heavy atom. The molecule has 0 bridgehead atoms. The molecule has 0 amide bonds. The van der Waals surface area contributed by atoms with Crippen LogP contribution < -0.4 is 17.2 Å². The highest BCUT2D eigenvalue weighted by Crippen LogP contribution is 2.39. The Kier molecular flexibility index (Phi) is 7.38. The summed E-state index contributed by atoms with van der Waals surface area (Å²) >= 11 is 0. The van der Waals surface area contributed by atoms with Gasteiger partial charge in [-0.15, -0.1) is 0 Å². The summed E-state index contributed by atoms with van der Waals surface area (Å²) in [5, 5.41) is 33.1. The topological polar surface area (TPSA) is 207 Å². The van der Waals surface area contributed by atoms with E-state index in [0.717, 1.165) is 16.7 Å². The highest BCUT2D eigenvalue weighted by atomic mass is 16.6. The smallest absolute Gasteiger partial charge is 0.269 e. The van der Waals surface area contributed by atoms with Crippen molar-refractivity contribution < 1.29 is 14.8 Å². The zero-order chi connectivity index (χ0) is 28.3. The number of nitro benzene ring substituents is 3. The molecule has 0 aromatic heterocycles. The molecule has 0 saturated heterocycles. The Hall–Kier alpha value is -5.52. The predicted octanol–water partition coefficient (Wildman–Crippen LogP) is 4.93. The third-order valence-electron chi connectivity index (χ3n) is 6.53. The van der Waals surface area contributed by atoms with Gasteiger partial charge in [-0.05, 0) is 16.7 Å². The van der Waals surface area contributed by atoms with Crippen molar-refractivity contribution in [3.05, 3.63) is 137 Å². The summed E-state index contributed by atoms with van der Waals surface area (Å²) in [5.41, 5.74) is 24.7. The maximum Gasteiger partial charge on any atom is 0.269 e. The summed E-state index contributed by atoms with van der Waals surface area (Å²) in [6.07, 6.45) is 0.823. The van der Waals surface area contributed by atoms with Gasteiger partial charge in [-0.25, -0.2) is 0 Å². The highest BCUT2D eigenvalue weighted by Gasteiger charge is 2.21. The summed E-state index contributed by atoms with van der Waals surface area (Å²) < 4.78 is 0. The van der Waals surface area contributed by atoms with Crippen molar-refractivity contribution in [2.75, 3.05) is 17.2 Å². The largest absolute Gasteiger partial charge is 0.398 e. The van der Waals surface area contributed by atoms with Gasteiger partial charge in [0.15, 0.2) is 0 Å². The Labute approximate surface area is 222 Å². The lowest BCUT2D eigenvalue weighted by molar-refractivity contribution is -0.385. The van der Waals surface area contributed by atoms with Crippen LogP contribution in [0.25, 0.3) is 0 Å². The number of nitro groups is 3. The maximum absolute atomic E-state index is 11.0. The molecule has 0 aliphatic heterocycles. The molecule has 4 aromatic carbocycles. The van der Waals surface area contributed by atoms with E-state index in [4.69, 9.17) is 17.2 Å². The van der Waals surface area contributed by atoms with Crippen LogP contribution in [0.4, 0.5) is 34.1 Å². The minimum absolute atomic E-state index is 0.0466. The molecule has 39 heavy (non-hydrogen) atoms. The first-order chi connectivity index (χ1) is 18.5. The van der Waals surface area contributed by atoms with Gasteiger partial charge < -0.3 is 17.2 Å². The van der Waals surface area contributed by atoms with Crippen LogP contribution in [-0.4, -0.2) is 14.8 Å². The van der Waals surface area contributed by atoms with E-state index in [1.54, 1.807) is 36.4 Å². The normalized spacial score (nSPS) is 10.8. The van der Waals surface area contributed by atoms with Crippen LogP contribution in [-0.2, 0) is 19.3 Å². The van der Waals surface area contributed by atoms with Crippen LogP contribution in [0.1, 0.15) is 33.4 Å². The van der Waals surface area contributed by atoms with E-state index in [1.165, 1.54) is 36.4 Å². The summed E-state index contributed by atoms with van der Waals surface area (Å²) in [6.45, 7) is 0. The summed E-state index contributed by atoms with van der Waals surface area (Å²) in [5.74, 6) is 0. The molecular weight excluding hydrogens is 504 g/mol. The van der Waals surface area contributed by atoms with Crippen LogP contribution in [0, 0.1) is 30.3 Å². The minimum Gasteiger partial charge on any atom is -0.398 e. The van der Waals surface area contributed by atoms with E-state index in [-0.39, 0.29) is 36.3 Å². The number of nitrogens with two attached hydrogens (primary N) is 3. The van der Waals surface area contributed by atoms with Gasteiger partial charge in [0.2, 0.25) is 0 Å². The lowest BCUT2D eigenvalue weighted by Crippen LogP contribution is -2.13. The molecule has 0 spiro atoms. The molecule has 0 fully saturated rings. The second-order valence-electron chi connectivity index (χ2n) is 8.98. The van der Waals surface area contributed by atoms with Gasteiger partial charge in [0.25, 0.3) is 17.1 Å². The Bertz CT molecular complexity index is 1360. The fraction of sp³-hybridized carbons (Fsp3) is 0.111. The highest BCUT2D eigenvalue weighted by molar-refractivity contribution is 5.81. The van der Waals surface area contributed by atoms with E-state index in [1.807, 2.05) is 0 Å². The lowest BCUT2D eigenvalue weighted by atomic mass is 9.88. The maximum atomic E-state index is 11.0. The lowest BCUT2D eigenvalue weighted by Gasteiger charge is -2.22. The number of nitrogens with zero attached hydrogens (tertiary/aromatic N) is 3. The van der Waals surface area contributed by atoms with E-state index in [2.05, 4.69) is 0 Å². The van der Waals surface area contributed by atoms with Crippen molar-refractivity contribution >= 4 is 34.1 Å². The Balaban J connectivity index is 1.79. The van der Waals surface area contributed by atoms with Crippen LogP contribution in [0.3, 0.4) is 0 Å². The number of nitrogen functional groups attached to an aromatic ring is 3. The van der Waals surface area contributed by atoms with Gasteiger partial charge >= 0.3 is 0 Å². The van der Waals surface area contributed by atoms with Crippen molar-refractivity contribution in [3.8, 4) is 0 Å². The number of anilines is 3. The number of hydrogen-bond acceptors (Lipinski definition) is 9. The monoisotopic (exact) mass is 528 g/mol. The molecule has 0 radical (unpaired) electrons. The van der Waals surface area contributed by atoms with Gasteiger partial charge in [-0.1, -0.05) is 36.4 Å². The third-order valence-corrected chi connectivity index (χ3v) is 6.53. The van der Waals surface area contributed by atoms with Crippen LogP contribution >= 0.6 is 0 Å². The van der Waals surface area contributed by atoms with Crippen molar-refractivity contribution in [1.82, 2.24) is 0 Å². The van der Waals surface area contributed by atoms with Gasteiger partial charge in [0.05, 0.1) is 14.8 Å².